The second-order valence-corrected chi connectivity index (χ2v) is 4.27. The molecule has 0 aliphatic rings. The highest BCUT2D eigenvalue weighted by Gasteiger charge is 2.13. The number of pyridine rings is 1. The van der Waals surface area contributed by atoms with Gasteiger partial charge in [0.15, 0.2) is 11.6 Å². The number of nitrogens with one attached hydrogen (secondary N) is 2. The summed E-state index contributed by atoms with van der Waals surface area (Å²) < 4.78 is 5.56. The molecule has 2 rings (SSSR count). The van der Waals surface area contributed by atoms with E-state index in [1.165, 1.54) is 6.20 Å². The Bertz CT molecular complexity index is 543. The molecule has 8 heteroatoms. The minimum atomic E-state index is -0.312. The van der Waals surface area contributed by atoms with Crippen LogP contribution in [0.3, 0.4) is 0 Å². The lowest BCUT2D eigenvalue weighted by Crippen LogP contribution is -2.25. The van der Waals surface area contributed by atoms with Crippen molar-refractivity contribution < 1.29 is 9.32 Å². The number of nitrogens with zero attached hydrogens (tertiary/aromatic N) is 2. The van der Waals surface area contributed by atoms with E-state index >= 15 is 0 Å². The number of hydrogen-bond acceptors (Lipinski definition) is 6. The molecule has 0 saturated heterocycles. The van der Waals surface area contributed by atoms with Gasteiger partial charge in [0.05, 0.1) is 18.3 Å². The van der Waals surface area contributed by atoms with Crippen LogP contribution in [-0.2, 0) is 6.54 Å². The van der Waals surface area contributed by atoms with E-state index in [1.807, 2.05) is 0 Å². The van der Waals surface area contributed by atoms with Crippen LogP contribution in [0.1, 0.15) is 16.1 Å². The van der Waals surface area contributed by atoms with Gasteiger partial charge in [-0.15, -0.1) is 0 Å². The zero-order valence-corrected chi connectivity index (χ0v) is 10.8. The predicted molar refractivity (Wildman–Crippen MR) is 67.4 cm³/mol. The molecule has 2 heterocycles. The van der Waals surface area contributed by atoms with Crippen LogP contribution in [0.5, 0.6) is 0 Å². The van der Waals surface area contributed by atoms with Gasteiger partial charge in [0.1, 0.15) is 0 Å². The molecule has 1 amide bonds. The third kappa shape index (κ3) is 2.84. The quantitative estimate of drug-likeness (QED) is 0.575. The van der Waals surface area contributed by atoms with Gasteiger partial charge in [-0.1, -0.05) is 5.16 Å². The fourth-order valence-electron chi connectivity index (χ4n) is 1.32. The number of aromatic nitrogens is 2. The summed E-state index contributed by atoms with van der Waals surface area (Å²) in [5.41, 5.74) is 2.71. The van der Waals surface area contributed by atoms with Crippen molar-refractivity contribution in [3.63, 3.8) is 0 Å². The second-order valence-electron chi connectivity index (χ2n) is 3.36. The van der Waals surface area contributed by atoms with E-state index < -0.39 is 0 Å². The fourth-order valence-corrected chi connectivity index (χ4v) is 1.65. The van der Waals surface area contributed by atoms with Crippen LogP contribution in [-0.4, -0.2) is 16.0 Å². The molecule has 0 fully saturated rings. The lowest BCUT2D eigenvalue weighted by atomic mass is 10.2. The van der Waals surface area contributed by atoms with Gasteiger partial charge in [0, 0.05) is 16.7 Å². The van der Waals surface area contributed by atoms with Crippen LogP contribution < -0.4 is 16.6 Å². The summed E-state index contributed by atoms with van der Waals surface area (Å²) in [4.78, 5) is 15.9. The fraction of sp³-hybridized carbons (Fsp3) is 0.100. The van der Waals surface area contributed by atoms with Gasteiger partial charge in [0.2, 0.25) is 0 Å². The van der Waals surface area contributed by atoms with E-state index in [-0.39, 0.29) is 12.5 Å². The molecule has 0 aliphatic heterocycles. The first-order valence-electron chi connectivity index (χ1n) is 5.00. The standard InChI is InChI=1S/C10H10BrN5O2/c11-6-3-8(9(16-12)13-4-6)10(17)14-5-7-1-2-15-18-7/h1-4H,5,12H2,(H,13,16)(H,14,17). The molecule has 2 aromatic rings. The number of nitrogen functional groups attached to an aromatic ring is 1. The SMILES string of the molecule is NNc1ncc(Br)cc1C(=O)NCc1ccno1. The Kier molecular flexibility index (Phi) is 3.90. The highest BCUT2D eigenvalue weighted by molar-refractivity contribution is 9.10. The van der Waals surface area contributed by atoms with Crippen LogP contribution >= 0.6 is 15.9 Å². The van der Waals surface area contributed by atoms with Crippen molar-refractivity contribution >= 4 is 27.7 Å². The van der Waals surface area contributed by atoms with E-state index in [0.717, 1.165) is 0 Å². The number of hydrazine groups is 1. The normalized spacial score (nSPS) is 10.1. The summed E-state index contributed by atoms with van der Waals surface area (Å²) in [5.74, 6) is 5.84. The van der Waals surface area contributed by atoms with Crippen LogP contribution in [0, 0.1) is 0 Å². The van der Waals surface area contributed by atoms with Crippen molar-refractivity contribution in [2.75, 3.05) is 5.43 Å². The van der Waals surface area contributed by atoms with Crippen molar-refractivity contribution in [3.05, 3.63) is 40.3 Å². The summed E-state index contributed by atoms with van der Waals surface area (Å²) in [5, 5.41) is 6.22. The summed E-state index contributed by atoms with van der Waals surface area (Å²) in [6.45, 7) is 0.245. The van der Waals surface area contributed by atoms with E-state index in [9.17, 15) is 4.79 Å². The Morgan fingerprint density at radius 1 is 1.56 bits per heavy atom. The largest absolute Gasteiger partial charge is 0.360 e. The van der Waals surface area contributed by atoms with Crippen molar-refractivity contribution in [3.8, 4) is 0 Å². The molecule has 0 saturated carbocycles. The summed E-state index contributed by atoms with van der Waals surface area (Å²) in [7, 11) is 0. The Morgan fingerprint density at radius 2 is 2.39 bits per heavy atom. The molecule has 0 atom stereocenters. The van der Waals surface area contributed by atoms with Gasteiger partial charge in [0.25, 0.3) is 5.91 Å². The molecule has 0 aromatic carbocycles. The Morgan fingerprint density at radius 3 is 3.06 bits per heavy atom. The first-order valence-corrected chi connectivity index (χ1v) is 5.80. The lowest BCUT2D eigenvalue weighted by molar-refractivity contribution is 0.0947. The maximum atomic E-state index is 11.9. The second kappa shape index (κ2) is 5.61. The Labute approximate surface area is 111 Å². The number of carbonyl (C=O) groups excluding carboxylic acids is 1. The number of carbonyl (C=O) groups is 1. The number of nitrogens with two attached hydrogens (primary N) is 1. The molecule has 0 bridgehead atoms. The van der Waals surface area contributed by atoms with E-state index in [4.69, 9.17) is 10.4 Å². The van der Waals surface area contributed by atoms with Gasteiger partial charge in [-0.25, -0.2) is 10.8 Å². The van der Waals surface area contributed by atoms with Crippen molar-refractivity contribution in [1.29, 1.82) is 0 Å². The lowest BCUT2D eigenvalue weighted by Gasteiger charge is -2.08. The van der Waals surface area contributed by atoms with E-state index in [2.05, 4.69) is 36.8 Å². The zero-order valence-electron chi connectivity index (χ0n) is 9.18. The van der Waals surface area contributed by atoms with Gasteiger partial charge >= 0.3 is 0 Å². The first kappa shape index (κ1) is 12.5. The third-order valence-corrected chi connectivity index (χ3v) is 2.58. The van der Waals surface area contributed by atoms with Crippen molar-refractivity contribution in [2.45, 2.75) is 6.54 Å². The van der Waals surface area contributed by atoms with Gasteiger partial charge in [-0.05, 0) is 22.0 Å². The number of hydrogen-bond donors (Lipinski definition) is 3. The van der Waals surface area contributed by atoms with Crippen LogP contribution in [0.15, 0.2) is 33.5 Å². The molecule has 2 aromatic heterocycles. The van der Waals surface area contributed by atoms with Gasteiger partial charge in [-0.2, -0.15) is 0 Å². The third-order valence-electron chi connectivity index (χ3n) is 2.15. The molecule has 4 N–H and O–H groups in total. The summed E-state index contributed by atoms with van der Waals surface area (Å²) in [6, 6.07) is 3.29. The van der Waals surface area contributed by atoms with E-state index in [1.54, 1.807) is 18.3 Å². The Balaban J connectivity index is 2.10. The molecule has 18 heavy (non-hydrogen) atoms. The zero-order chi connectivity index (χ0) is 13.0. The average molecular weight is 312 g/mol. The maximum Gasteiger partial charge on any atom is 0.255 e. The van der Waals surface area contributed by atoms with E-state index in [0.29, 0.717) is 21.6 Å². The van der Waals surface area contributed by atoms with Crippen LogP contribution in [0.2, 0.25) is 0 Å². The minimum absolute atomic E-state index is 0.245. The highest BCUT2D eigenvalue weighted by atomic mass is 79.9. The smallest absolute Gasteiger partial charge is 0.255 e. The molecule has 0 unspecified atom stereocenters. The number of amides is 1. The van der Waals surface area contributed by atoms with Crippen LogP contribution in [0.25, 0.3) is 0 Å². The average Bonchev–Trinajstić information content (AvgIpc) is 2.89. The molecule has 0 radical (unpaired) electrons. The van der Waals surface area contributed by atoms with Crippen LogP contribution in [0.4, 0.5) is 5.82 Å². The predicted octanol–water partition coefficient (Wildman–Crippen LogP) is 1.05. The maximum absolute atomic E-state index is 11.9. The van der Waals surface area contributed by atoms with Crippen molar-refractivity contribution in [2.24, 2.45) is 5.84 Å². The minimum Gasteiger partial charge on any atom is -0.360 e. The monoisotopic (exact) mass is 311 g/mol. The molecule has 0 aliphatic carbocycles. The Hall–Kier alpha value is -1.93. The number of anilines is 1. The highest BCUT2D eigenvalue weighted by Crippen LogP contribution is 2.17. The van der Waals surface area contributed by atoms with Gasteiger partial charge < -0.3 is 15.3 Å². The number of halogens is 1. The molecular weight excluding hydrogens is 302 g/mol. The molecular formula is C10H10BrN5O2. The van der Waals surface area contributed by atoms with Crippen molar-refractivity contribution in [1.82, 2.24) is 15.5 Å². The number of rotatable bonds is 4. The first-order chi connectivity index (χ1) is 8.70. The summed E-state index contributed by atoms with van der Waals surface area (Å²) in [6.07, 6.45) is 3.05. The topological polar surface area (TPSA) is 106 Å². The summed E-state index contributed by atoms with van der Waals surface area (Å²) >= 11 is 3.24. The van der Waals surface area contributed by atoms with Gasteiger partial charge in [-0.3, -0.25) is 4.79 Å². The molecule has 0 spiro atoms. The molecule has 7 nitrogen and oxygen atoms in total. The molecule has 94 valence electrons.